The number of aliphatic hydroxyl groups excluding tert-OH is 1. The lowest BCUT2D eigenvalue weighted by Gasteiger charge is -2.37. The van der Waals surface area contributed by atoms with Crippen LogP contribution in [0.4, 0.5) is 5.69 Å². The summed E-state index contributed by atoms with van der Waals surface area (Å²) >= 11 is 0. The van der Waals surface area contributed by atoms with E-state index in [2.05, 4.69) is 17.9 Å². The first kappa shape index (κ1) is 12.2. The fourth-order valence-electron chi connectivity index (χ4n) is 2.15. The summed E-state index contributed by atoms with van der Waals surface area (Å²) < 4.78 is 10.8. The summed E-state index contributed by atoms with van der Waals surface area (Å²) in [5.74, 6) is 0.843. The number of morpholine rings is 1. The molecule has 17 heavy (non-hydrogen) atoms. The standard InChI is InChI=1S/C13H19NO3/c1-10-3-4-13(16-2)12(7-10)14-5-6-17-9-11(14)8-15/h3-4,7,11,15H,5-6,8-9H2,1-2H3. The van der Waals surface area contributed by atoms with Crippen molar-refractivity contribution in [2.75, 3.05) is 38.4 Å². The lowest BCUT2D eigenvalue weighted by atomic mass is 10.1. The van der Waals surface area contributed by atoms with Crippen molar-refractivity contribution in [2.45, 2.75) is 13.0 Å². The van der Waals surface area contributed by atoms with Crippen LogP contribution in [0.2, 0.25) is 0 Å². The van der Waals surface area contributed by atoms with Gasteiger partial charge in [-0.2, -0.15) is 0 Å². The van der Waals surface area contributed by atoms with Crippen molar-refractivity contribution in [2.24, 2.45) is 0 Å². The Kier molecular flexibility index (Phi) is 3.86. The predicted octanol–water partition coefficient (Wildman–Crippen LogP) is 1.20. The van der Waals surface area contributed by atoms with Gasteiger partial charge in [-0.1, -0.05) is 6.07 Å². The number of hydrogen-bond donors (Lipinski definition) is 1. The van der Waals surface area contributed by atoms with Crippen LogP contribution in [0.25, 0.3) is 0 Å². The molecule has 4 nitrogen and oxygen atoms in total. The topological polar surface area (TPSA) is 41.9 Å². The molecule has 2 rings (SSSR count). The highest BCUT2D eigenvalue weighted by Crippen LogP contribution is 2.31. The van der Waals surface area contributed by atoms with Crippen molar-refractivity contribution in [1.29, 1.82) is 0 Å². The molecule has 0 radical (unpaired) electrons. The van der Waals surface area contributed by atoms with Crippen molar-refractivity contribution in [3.05, 3.63) is 23.8 Å². The van der Waals surface area contributed by atoms with Gasteiger partial charge in [-0.15, -0.1) is 0 Å². The molecule has 1 aliphatic heterocycles. The smallest absolute Gasteiger partial charge is 0.142 e. The average Bonchev–Trinajstić information content (AvgIpc) is 2.38. The molecule has 0 spiro atoms. The average molecular weight is 237 g/mol. The van der Waals surface area contributed by atoms with Crippen molar-refractivity contribution in [3.8, 4) is 5.75 Å². The van der Waals surface area contributed by atoms with E-state index in [4.69, 9.17) is 9.47 Å². The van der Waals surface area contributed by atoms with Crippen LogP contribution in [0, 0.1) is 6.92 Å². The van der Waals surface area contributed by atoms with Crippen LogP contribution in [0.3, 0.4) is 0 Å². The van der Waals surface area contributed by atoms with Gasteiger partial charge in [0.25, 0.3) is 0 Å². The van der Waals surface area contributed by atoms with Gasteiger partial charge in [0.05, 0.1) is 38.7 Å². The second-order valence-electron chi connectivity index (χ2n) is 4.28. The van der Waals surface area contributed by atoms with E-state index in [0.717, 1.165) is 18.0 Å². The quantitative estimate of drug-likeness (QED) is 0.857. The van der Waals surface area contributed by atoms with Gasteiger partial charge in [0, 0.05) is 6.54 Å². The number of rotatable bonds is 3. The Morgan fingerprint density at radius 1 is 1.53 bits per heavy atom. The minimum atomic E-state index is 0.0134. The number of aryl methyl sites for hydroxylation is 1. The van der Waals surface area contributed by atoms with Gasteiger partial charge in [0.2, 0.25) is 0 Å². The summed E-state index contributed by atoms with van der Waals surface area (Å²) in [7, 11) is 1.67. The maximum atomic E-state index is 9.39. The third-order valence-electron chi connectivity index (χ3n) is 3.08. The van der Waals surface area contributed by atoms with E-state index in [0.29, 0.717) is 13.2 Å². The van der Waals surface area contributed by atoms with Gasteiger partial charge in [-0.3, -0.25) is 0 Å². The van der Waals surface area contributed by atoms with E-state index in [1.807, 2.05) is 12.1 Å². The molecular weight excluding hydrogens is 218 g/mol. The summed E-state index contributed by atoms with van der Waals surface area (Å²) in [4.78, 5) is 2.16. The zero-order valence-electron chi connectivity index (χ0n) is 10.3. The lowest BCUT2D eigenvalue weighted by Crippen LogP contribution is -2.47. The SMILES string of the molecule is COc1ccc(C)cc1N1CCOCC1CO. The predicted molar refractivity (Wildman–Crippen MR) is 66.8 cm³/mol. The van der Waals surface area contributed by atoms with Gasteiger partial charge >= 0.3 is 0 Å². The number of hydrogen-bond acceptors (Lipinski definition) is 4. The molecule has 1 aromatic carbocycles. The maximum Gasteiger partial charge on any atom is 0.142 e. The molecule has 0 bridgehead atoms. The normalized spacial score (nSPS) is 20.4. The molecule has 1 aromatic rings. The van der Waals surface area contributed by atoms with Crippen molar-refractivity contribution < 1.29 is 14.6 Å². The van der Waals surface area contributed by atoms with E-state index in [-0.39, 0.29) is 12.6 Å². The Morgan fingerprint density at radius 2 is 2.35 bits per heavy atom. The maximum absolute atomic E-state index is 9.39. The molecule has 0 amide bonds. The summed E-state index contributed by atoms with van der Waals surface area (Å²) in [5, 5.41) is 9.39. The molecule has 0 aliphatic carbocycles. The highest BCUT2D eigenvalue weighted by atomic mass is 16.5. The first-order chi connectivity index (χ1) is 8.26. The molecule has 1 heterocycles. The summed E-state index contributed by atoms with van der Waals surface area (Å²) in [6, 6.07) is 6.09. The second kappa shape index (κ2) is 5.38. The van der Waals surface area contributed by atoms with E-state index in [1.165, 1.54) is 5.56 Å². The van der Waals surface area contributed by atoms with E-state index in [1.54, 1.807) is 7.11 Å². The summed E-state index contributed by atoms with van der Waals surface area (Å²) in [6.45, 7) is 4.18. The number of anilines is 1. The fraction of sp³-hybridized carbons (Fsp3) is 0.538. The van der Waals surface area contributed by atoms with Gasteiger partial charge in [0.1, 0.15) is 5.75 Å². The van der Waals surface area contributed by atoms with Gasteiger partial charge in [-0.05, 0) is 24.6 Å². The van der Waals surface area contributed by atoms with Crippen LogP contribution in [-0.2, 0) is 4.74 Å². The van der Waals surface area contributed by atoms with Crippen LogP contribution >= 0.6 is 0 Å². The molecule has 4 heteroatoms. The molecule has 1 aliphatic rings. The third-order valence-corrected chi connectivity index (χ3v) is 3.08. The highest BCUT2D eigenvalue weighted by molar-refractivity contribution is 5.61. The molecular formula is C13H19NO3. The zero-order chi connectivity index (χ0) is 12.3. The highest BCUT2D eigenvalue weighted by Gasteiger charge is 2.24. The Morgan fingerprint density at radius 3 is 3.06 bits per heavy atom. The van der Waals surface area contributed by atoms with E-state index in [9.17, 15) is 5.11 Å². The van der Waals surface area contributed by atoms with Crippen LogP contribution in [0.5, 0.6) is 5.75 Å². The monoisotopic (exact) mass is 237 g/mol. The number of ether oxygens (including phenoxy) is 2. The molecule has 0 aromatic heterocycles. The molecule has 1 saturated heterocycles. The summed E-state index contributed by atoms with van der Waals surface area (Å²) in [5.41, 5.74) is 2.22. The molecule has 0 saturated carbocycles. The molecule has 94 valence electrons. The second-order valence-corrected chi connectivity index (χ2v) is 4.28. The minimum absolute atomic E-state index is 0.0134. The molecule has 1 atom stereocenters. The number of benzene rings is 1. The zero-order valence-corrected chi connectivity index (χ0v) is 10.3. The van der Waals surface area contributed by atoms with Crippen molar-refractivity contribution in [3.63, 3.8) is 0 Å². The minimum Gasteiger partial charge on any atom is -0.495 e. The number of methoxy groups -OCH3 is 1. The Labute approximate surface area is 102 Å². The Hall–Kier alpha value is -1.26. The van der Waals surface area contributed by atoms with Crippen molar-refractivity contribution >= 4 is 5.69 Å². The van der Waals surface area contributed by atoms with E-state index >= 15 is 0 Å². The largest absolute Gasteiger partial charge is 0.495 e. The Balaban J connectivity index is 2.33. The fourth-order valence-corrected chi connectivity index (χ4v) is 2.15. The number of nitrogens with zero attached hydrogens (tertiary/aromatic N) is 1. The van der Waals surface area contributed by atoms with Gasteiger partial charge in [-0.25, -0.2) is 0 Å². The number of aliphatic hydroxyl groups is 1. The van der Waals surface area contributed by atoms with Crippen LogP contribution in [0.15, 0.2) is 18.2 Å². The van der Waals surface area contributed by atoms with Gasteiger partial charge in [0.15, 0.2) is 0 Å². The van der Waals surface area contributed by atoms with Gasteiger partial charge < -0.3 is 19.5 Å². The Bertz CT molecular complexity index is 381. The first-order valence-corrected chi connectivity index (χ1v) is 5.86. The first-order valence-electron chi connectivity index (χ1n) is 5.86. The molecule has 1 unspecified atom stereocenters. The van der Waals surface area contributed by atoms with Crippen molar-refractivity contribution in [1.82, 2.24) is 0 Å². The van der Waals surface area contributed by atoms with E-state index < -0.39 is 0 Å². The van der Waals surface area contributed by atoms with Crippen LogP contribution in [0.1, 0.15) is 5.56 Å². The molecule has 1 N–H and O–H groups in total. The lowest BCUT2D eigenvalue weighted by molar-refractivity contribution is 0.0724. The van der Waals surface area contributed by atoms with Crippen LogP contribution < -0.4 is 9.64 Å². The molecule has 1 fully saturated rings. The third kappa shape index (κ3) is 2.53. The van der Waals surface area contributed by atoms with Crippen LogP contribution in [-0.4, -0.2) is 44.6 Å². The summed E-state index contributed by atoms with van der Waals surface area (Å²) in [6.07, 6.45) is 0.